The topological polar surface area (TPSA) is 29.5 Å². The highest BCUT2D eigenvalue weighted by atomic mass is 16.5. The average Bonchev–Trinajstić information content (AvgIpc) is 2.56. The zero-order valence-electron chi connectivity index (χ0n) is 14.0. The van der Waals surface area contributed by atoms with Crippen LogP contribution in [0.25, 0.3) is 11.6 Å². The molecular formula is C21H24O2. The molecule has 0 aliphatic carbocycles. The van der Waals surface area contributed by atoms with E-state index in [4.69, 9.17) is 9.84 Å². The Morgan fingerprint density at radius 3 is 2.17 bits per heavy atom. The summed E-state index contributed by atoms with van der Waals surface area (Å²) in [6.07, 6.45) is 4.20. The largest absolute Gasteiger partial charge is 0.490 e. The van der Waals surface area contributed by atoms with E-state index in [2.05, 4.69) is 45.1 Å². The van der Waals surface area contributed by atoms with Crippen molar-refractivity contribution in [1.29, 1.82) is 0 Å². The third-order valence-electron chi connectivity index (χ3n) is 3.60. The van der Waals surface area contributed by atoms with Crippen molar-refractivity contribution < 1.29 is 9.84 Å². The molecule has 2 nitrogen and oxygen atoms in total. The Morgan fingerprint density at radius 2 is 1.61 bits per heavy atom. The molecule has 0 atom stereocenters. The monoisotopic (exact) mass is 308 g/mol. The van der Waals surface area contributed by atoms with Crippen LogP contribution < -0.4 is 4.74 Å². The lowest BCUT2D eigenvalue weighted by Gasteiger charge is -2.06. The Labute approximate surface area is 138 Å². The van der Waals surface area contributed by atoms with E-state index < -0.39 is 0 Å². The van der Waals surface area contributed by atoms with E-state index in [0.717, 1.165) is 16.9 Å². The fourth-order valence-corrected chi connectivity index (χ4v) is 2.17. The Balaban J connectivity index is 2.05. The van der Waals surface area contributed by atoms with Gasteiger partial charge in [-0.2, -0.15) is 0 Å². The zero-order chi connectivity index (χ0) is 16.7. The molecule has 120 valence electrons. The summed E-state index contributed by atoms with van der Waals surface area (Å²) in [5.41, 5.74) is 5.68. The summed E-state index contributed by atoms with van der Waals surface area (Å²) in [7, 11) is 0. The van der Waals surface area contributed by atoms with Gasteiger partial charge in [-0.15, -0.1) is 0 Å². The van der Waals surface area contributed by atoms with Gasteiger partial charge in [-0.25, -0.2) is 0 Å². The number of hydrogen-bond donors (Lipinski definition) is 1. The molecule has 0 aromatic heterocycles. The minimum Gasteiger partial charge on any atom is -0.490 e. The molecule has 0 saturated carbocycles. The van der Waals surface area contributed by atoms with Crippen LogP contribution in [0.15, 0.2) is 60.2 Å². The first-order chi connectivity index (χ1) is 11.1. The van der Waals surface area contributed by atoms with Crippen LogP contribution in [0, 0.1) is 0 Å². The van der Waals surface area contributed by atoms with Gasteiger partial charge in [0.2, 0.25) is 0 Å². The van der Waals surface area contributed by atoms with Gasteiger partial charge < -0.3 is 9.84 Å². The highest BCUT2D eigenvalue weighted by Crippen LogP contribution is 2.21. The van der Waals surface area contributed by atoms with E-state index in [9.17, 15) is 0 Å². The Morgan fingerprint density at radius 1 is 0.957 bits per heavy atom. The second kappa shape index (κ2) is 8.35. The number of aliphatic hydroxyl groups excluding tert-OH is 1. The van der Waals surface area contributed by atoms with Gasteiger partial charge >= 0.3 is 0 Å². The van der Waals surface area contributed by atoms with E-state index in [-0.39, 0.29) is 6.61 Å². The van der Waals surface area contributed by atoms with Crippen LogP contribution in [0.4, 0.5) is 0 Å². The van der Waals surface area contributed by atoms with Crippen molar-refractivity contribution in [2.75, 3.05) is 6.61 Å². The molecule has 2 aromatic carbocycles. The molecule has 1 N–H and O–H groups in total. The quantitative estimate of drug-likeness (QED) is 0.595. The maximum atomic E-state index is 9.08. The molecule has 0 aliphatic rings. The summed E-state index contributed by atoms with van der Waals surface area (Å²) in [6, 6.07) is 16.1. The van der Waals surface area contributed by atoms with E-state index >= 15 is 0 Å². The van der Waals surface area contributed by atoms with Crippen LogP contribution in [0.5, 0.6) is 5.75 Å². The third kappa shape index (κ3) is 5.42. The van der Waals surface area contributed by atoms with Crippen molar-refractivity contribution in [2.45, 2.75) is 27.4 Å². The second-order valence-electron chi connectivity index (χ2n) is 5.84. The lowest BCUT2D eigenvalue weighted by molar-refractivity contribution is 0.282. The van der Waals surface area contributed by atoms with Crippen molar-refractivity contribution in [1.82, 2.24) is 0 Å². The summed E-state index contributed by atoms with van der Waals surface area (Å²) in [6.45, 7) is 6.91. The summed E-state index contributed by atoms with van der Waals surface area (Å²) in [5, 5.41) is 9.08. The predicted molar refractivity (Wildman–Crippen MR) is 97.3 cm³/mol. The molecule has 0 unspecified atom stereocenters. The fourth-order valence-electron chi connectivity index (χ4n) is 2.17. The minimum absolute atomic E-state index is 0.0805. The van der Waals surface area contributed by atoms with E-state index in [0.29, 0.717) is 6.61 Å². The van der Waals surface area contributed by atoms with Gasteiger partial charge in [0.1, 0.15) is 12.4 Å². The average molecular weight is 308 g/mol. The van der Waals surface area contributed by atoms with Crippen LogP contribution in [0.2, 0.25) is 0 Å². The smallest absolute Gasteiger partial charge is 0.119 e. The first kappa shape index (κ1) is 17.0. The van der Waals surface area contributed by atoms with Crippen molar-refractivity contribution in [3.63, 3.8) is 0 Å². The molecule has 2 heteroatoms. The maximum Gasteiger partial charge on any atom is 0.119 e. The Hall–Kier alpha value is -2.32. The SMILES string of the molecule is CC(C)=CCOc1ccc(C(C)=Cc2ccc(CO)cc2)cc1. The van der Waals surface area contributed by atoms with Crippen molar-refractivity contribution >= 4 is 11.6 Å². The van der Waals surface area contributed by atoms with Gasteiger partial charge in [-0.1, -0.05) is 48.0 Å². The van der Waals surface area contributed by atoms with Crippen LogP contribution in [0.3, 0.4) is 0 Å². The fraction of sp³-hybridized carbons (Fsp3) is 0.238. The van der Waals surface area contributed by atoms with Crippen molar-refractivity contribution in [3.8, 4) is 5.75 Å². The molecule has 2 rings (SSSR count). The Bertz CT molecular complexity index is 673. The molecular weight excluding hydrogens is 284 g/mol. The third-order valence-corrected chi connectivity index (χ3v) is 3.60. The minimum atomic E-state index is 0.0805. The summed E-state index contributed by atoms with van der Waals surface area (Å²) >= 11 is 0. The molecule has 0 aliphatic heterocycles. The van der Waals surface area contributed by atoms with Gasteiger partial charge in [-0.05, 0) is 61.2 Å². The molecule has 0 saturated heterocycles. The molecule has 2 aromatic rings. The number of aliphatic hydroxyl groups is 1. The number of benzene rings is 2. The van der Waals surface area contributed by atoms with Gasteiger partial charge in [-0.3, -0.25) is 0 Å². The predicted octanol–water partition coefficient (Wildman–Crippen LogP) is 5.08. The van der Waals surface area contributed by atoms with Crippen LogP contribution in [-0.2, 0) is 6.61 Å². The van der Waals surface area contributed by atoms with Crippen LogP contribution in [0.1, 0.15) is 37.5 Å². The van der Waals surface area contributed by atoms with E-state index in [1.807, 2.05) is 36.4 Å². The molecule has 23 heavy (non-hydrogen) atoms. The second-order valence-corrected chi connectivity index (χ2v) is 5.84. The summed E-state index contributed by atoms with van der Waals surface area (Å²) in [4.78, 5) is 0. The zero-order valence-corrected chi connectivity index (χ0v) is 14.0. The van der Waals surface area contributed by atoms with Gasteiger partial charge in [0.05, 0.1) is 6.61 Å². The lowest BCUT2D eigenvalue weighted by Crippen LogP contribution is -1.94. The normalized spacial score (nSPS) is 11.2. The highest BCUT2D eigenvalue weighted by molar-refractivity contribution is 5.80. The van der Waals surface area contributed by atoms with E-state index in [1.54, 1.807) is 0 Å². The maximum absolute atomic E-state index is 9.08. The number of hydrogen-bond acceptors (Lipinski definition) is 2. The molecule has 0 fully saturated rings. The molecule has 0 bridgehead atoms. The van der Waals surface area contributed by atoms with Crippen LogP contribution >= 0.6 is 0 Å². The lowest BCUT2D eigenvalue weighted by atomic mass is 10.0. The number of ether oxygens (including phenoxy) is 1. The van der Waals surface area contributed by atoms with Crippen LogP contribution in [-0.4, -0.2) is 11.7 Å². The first-order valence-corrected chi connectivity index (χ1v) is 7.83. The molecule has 0 heterocycles. The van der Waals surface area contributed by atoms with Gasteiger partial charge in [0.25, 0.3) is 0 Å². The van der Waals surface area contributed by atoms with Crippen molar-refractivity contribution in [3.05, 3.63) is 76.9 Å². The Kier molecular flexibility index (Phi) is 6.19. The molecule has 0 spiro atoms. The first-order valence-electron chi connectivity index (χ1n) is 7.83. The van der Waals surface area contributed by atoms with Gasteiger partial charge in [0.15, 0.2) is 0 Å². The molecule has 0 amide bonds. The van der Waals surface area contributed by atoms with E-state index in [1.165, 1.54) is 16.7 Å². The van der Waals surface area contributed by atoms with Crippen molar-refractivity contribution in [2.24, 2.45) is 0 Å². The highest BCUT2D eigenvalue weighted by Gasteiger charge is 1.99. The standard InChI is InChI=1S/C21H24O2/c1-16(2)12-13-23-21-10-8-20(9-11-21)17(3)14-18-4-6-19(15-22)7-5-18/h4-12,14,22H,13,15H2,1-3H3. The van der Waals surface area contributed by atoms with Gasteiger partial charge in [0, 0.05) is 0 Å². The number of allylic oxidation sites excluding steroid dienone is 2. The summed E-state index contributed by atoms with van der Waals surface area (Å²) < 4.78 is 5.68. The molecule has 0 radical (unpaired) electrons. The number of rotatable bonds is 6. The summed E-state index contributed by atoms with van der Waals surface area (Å²) in [5.74, 6) is 0.881.